The Morgan fingerprint density at radius 3 is 2.41 bits per heavy atom. The van der Waals surface area contributed by atoms with Crippen LogP contribution in [0.2, 0.25) is 0 Å². The molecule has 0 bridgehead atoms. The third-order valence-corrected chi connectivity index (χ3v) is 8.84. The number of carbonyl (C=O) groups is 1. The monoisotopic (exact) mass is 467 g/mol. The number of nitrogens with one attached hydrogen (secondary N) is 1. The highest BCUT2D eigenvalue weighted by Gasteiger charge is 2.28. The second-order valence-corrected chi connectivity index (χ2v) is 11.2. The lowest BCUT2D eigenvalue weighted by atomic mass is 9.79. The van der Waals surface area contributed by atoms with Crippen molar-refractivity contribution in [2.45, 2.75) is 58.3 Å². The molecule has 1 aliphatic carbocycles. The predicted octanol–water partition coefficient (Wildman–Crippen LogP) is 3.78. The summed E-state index contributed by atoms with van der Waals surface area (Å²) in [5.41, 5.74) is 0.520. The van der Waals surface area contributed by atoms with E-state index in [1.54, 1.807) is 18.2 Å². The number of hydrogen-bond acceptors (Lipinski definition) is 4. The molecule has 1 N–H and O–H groups in total. The Kier molecular flexibility index (Phi) is 9.34. The summed E-state index contributed by atoms with van der Waals surface area (Å²) in [4.78, 5) is 14.3. The van der Waals surface area contributed by atoms with E-state index in [2.05, 4.69) is 12.2 Å². The summed E-state index contributed by atoms with van der Waals surface area (Å²) >= 11 is 0. The highest BCUT2D eigenvalue weighted by molar-refractivity contribution is 7.89. The van der Waals surface area contributed by atoms with Gasteiger partial charge in [0.2, 0.25) is 15.9 Å². The Hall–Kier alpha value is -1.67. The summed E-state index contributed by atoms with van der Waals surface area (Å²) in [6.07, 6.45) is 8.34. The number of carbonyl (C=O) groups excluding carboxylic acids is 1. The number of rotatable bonds is 10. The van der Waals surface area contributed by atoms with Crippen LogP contribution in [-0.2, 0) is 14.8 Å². The Morgan fingerprint density at radius 1 is 1.06 bits per heavy atom. The van der Waals surface area contributed by atoms with Gasteiger partial charge in [0, 0.05) is 38.6 Å². The summed E-state index contributed by atoms with van der Waals surface area (Å²) in [7, 11) is -3.38. The lowest BCUT2D eigenvalue weighted by Gasteiger charge is -2.35. The molecule has 0 radical (unpaired) electrons. The SMILES string of the molecule is CCCCC1CCC(C(=O)NCCCS(=O)(=O)N2CCN(c3ccccc3F)CC2)CC1. The molecule has 0 aromatic heterocycles. The van der Waals surface area contributed by atoms with Crippen molar-refractivity contribution in [1.82, 2.24) is 9.62 Å². The number of para-hydroxylation sites is 1. The van der Waals surface area contributed by atoms with Gasteiger partial charge < -0.3 is 10.2 Å². The van der Waals surface area contributed by atoms with E-state index < -0.39 is 10.0 Å². The second-order valence-electron chi connectivity index (χ2n) is 9.16. The standard InChI is InChI=1S/C24H38FN3O3S/c1-2-3-7-20-10-12-21(13-11-20)24(29)26-14-6-19-32(30,31)28-17-15-27(16-18-28)23-9-5-4-8-22(23)25/h4-5,8-9,20-21H,2-3,6-7,10-19H2,1H3,(H,26,29). The fraction of sp³-hybridized carbons (Fsp3) is 0.708. The molecule has 1 saturated heterocycles. The predicted molar refractivity (Wildman–Crippen MR) is 127 cm³/mol. The zero-order valence-corrected chi connectivity index (χ0v) is 20.1. The lowest BCUT2D eigenvalue weighted by molar-refractivity contribution is -0.126. The number of hydrogen-bond donors (Lipinski definition) is 1. The molecule has 2 fully saturated rings. The maximum atomic E-state index is 14.0. The summed E-state index contributed by atoms with van der Waals surface area (Å²) in [5, 5.41) is 2.95. The molecule has 0 spiro atoms. The summed E-state index contributed by atoms with van der Waals surface area (Å²) in [5.74, 6) is 0.666. The Morgan fingerprint density at radius 2 is 1.75 bits per heavy atom. The molecule has 32 heavy (non-hydrogen) atoms. The molecule has 1 heterocycles. The van der Waals surface area contributed by atoms with Gasteiger partial charge in [-0.05, 0) is 50.2 Å². The van der Waals surface area contributed by atoms with Crippen molar-refractivity contribution in [1.29, 1.82) is 0 Å². The van der Waals surface area contributed by atoms with E-state index in [-0.39, 0.29) is 23.4 Å². The van der Waals surface area contributed by atoms with Gasteiger partial charge in [-0.2, -0.15) is 4.31 Å². The molecule has 1 saturated carbocycles. The topological polar surface area (TPSA) is 69.7 Å². The second kappa shape index (κ2) is 12.0. The molecular formula is C24H38FN3O3S. The van der Waals surface area contributed by atoms with Crippen LogP contribution < -0.4 is 10.2 Å². The van der Waals surface area contributed by atoms with Crippen LogP contribution in [0.4, 0.5) is 10.1 Å². The maximum Gasteiger partial charge on any atom is 0.223 e. The number of sulfonamides is 1. The third kappa shape index (κ3) is 6.91. The van der Waals surface area contributed by atoms with Crippen LogP contribution in [0.5, 0.6) is 0 Å². The first-order valence-corrected chi connectivity index (χ1v) is 13.8. The van der Waals surface area contributed by atoms with E-state index >= 15 is 0 Å². The highest BCUT2D eigenvalue weighted by atomic mass is 32.2. The molecule has 180 valence electrons. The fourth-order valence-corrected chi connectivity index (χ4v) is 6.35. The third-order valence-electron chi connectivity index (χ3n) is 6.89. The minimum Gasteiger partial charge on any atom is -0.367 e. The van der Waals surface area contributed by atoms with Crippen molar-refractivity contribution in [3.05, 3.63) is 30.1 Å². The van der Waals surface area contributed by atoms with Gasteiger partial charge in [0.25, 0.3) is 0 Å². The van der Waals surface area contributed by atoms with Crippen LogP contribution in [-0.4, -0.2) is 57.1 Å². The van der Waals surface area contributed by atoms with Crippen molar-refractivity contribution < 1.29 is 17.6 Å². The zero-order chi connectivity index (χ0) is 23.0. The number of amides is 1. The van der Waals surface area contributed by atoms with Crippen LogP contribution in [0.15, 0.2) is 24.3 Å². The molecule has 6 nitrogen and oxygen atoms in total. The van der Waals surface area contributed by atoms with Crippen molar-refractivity contribution in [2.24, 2.45) is 11.8 Å². The van der Waals surface area contributed by atoms with Gasteiger partial charge in [-0.25, -0.2) is 12.8 Å². The van der Waals surface area contributed by atoms with Gasteiger partial charge in [0.1, 0.15) is 5.82 Å². The van der Waals surface area contributed by atoms with Crippen LogP contribution in [0, 0.1) is 17.7 Å². The number of benzene rings is 1. The van der Waals surface area contributed by atoms with E-state index in [0.717, 1.165) is 31.6 Å². The van der Waals surface area contributed by atoms with Gasteiger partial charge >= 0.3 is 0 Å². The Bertz CT molecular complexity index is 833. The first kappa shape index (κ1) is 25.0. The number of piperazine rings is 1. The normalized spacial score (nSPS) is 22.6. The summed E-state index contributed by atoms with van der Waals surface area (Å²) < 4.78 is 40.8. The minimum absolute atomic E-state index is 0.0245. The van der Waals surface area contributed by atoms with Crippen molar-refractivity contribution in [2.75, 3.05) is 43.4 Å². The van der Waals surface area contributed by atoms with Gasteiger partial charge in [-0.15, -0.1) is 0 Å². The van der Waals surface area contributed by atoms with Gasteiger partial charge in [-0.1, -0.05) is 38.3 Å². The van der Waals surface area contributed by atoms with E-state index in [1.165, 1.54) is 29.6 Å². The Labute approximate surface area is 192 Å². The highest BCUT2D eigenvalue weighted by Crippen LogP contribution is 2.32. The molecule has 3 rings (SSSR count). The average molecular weight is 468 g/mol. The largest absolute Gasteiger partial charge is 0.367 e. The van der Waals surface area contributed by atoms with E-state index in [4.69, 9.17) is 0 Å². The first-order valence-electron chi connectivity index (χ1n) is 12.2. The van der Waals surface area contributed by atoms with Crippen molar-refractivity contribution in [3.8, 4) is 0 Å². The molecule has 1 amide bonds. The first-order chi connectivity index (χ1) is 15.4. The summed E-state index contributed by atoms with van der Waals surface area (Å²) in [6.45, 7) is 4.25. The molecule has 1 aromatic carbocycles. The fourth-order valence-electron chi connectivity index (χ4n) is 4.86. The van der Waals surface area contributed by atoms with E-state index in [1.807, 2.05) is 4.90 Å². The van der Waals surface area contributed by atoms with Gasteiger partial charge in [-0.3, -0.25) is 4.79 Å². The molecule has 1 aromatic rings. The van der Waals surface area contributed by atoms with Crippen molar-refractivity contribution >= 4 is 21.6 Å². The van der Waals surface area contributed by atoms with E-state index in [9.17, 15) is 17.6 Å². The minimum atomic E-state index is -3.38. The summed E-state index contributed by atoms with van der Waals surface area (Å²) in [6, 6.07) is 6.58. The van der Waals surface area contributed by atoms with Crippen molar-refractivity contribution in [3.63, 3.8) is 0 Å². The zero-order valence-electron chi connectivity index (χ0n) is 19.3. The van der Waals surface area contributed by atoms with Crippen LogP contribution >= 0.6 is 0 Å². The van der Waals surface area contributed by atoms with E-state index in [0.29, 0.717) is 44.8 Å². The Balaban J connectivity index is 1.34. The lowest BCUT2D eigenvalue weighted by Crippen LogP contribution is -2.49. The average Bonchev–Trinajstić information content (AvgIpc) is 2.81. The number of nitrogens with zero attached hydrogens (tertiary/aromatic N) is 2. The van der Waals surface area contributed by atoms with Crippen LogP contribution in [0.25, 0.3) is 0 Å². The number of anilines is 1. The van der Waals surface area contributed by atoms with Gasteiger partial charge in [0.05, 0.1) is 11.4 Å². The molecular weight excluding hydrogens is 429 g/mol. The number of halogens is 1. The smallest absolute Gasteiger partial charge is 0.223 e. The van der Waals surface area contributed by atoms with Crippen LogP contribution in [0.1, 0.15) is 58.3 Å². The van der Waals surface area contributed by atoms with Gasteiger partial charge in [0.15, 0.2) is 0 Å². The molecule has 0 atom stereocenters. The molecule has 1 aliphatic heterocycles. The quantitative estimate of drug-likeness (QED) is 0.532. The number of unbranched alkanes of at least 4 members (excludes halogenated alkanes) is 1. The molecule has 2 aliphatic rings. The maximum absolute atomic E-state index is 14.0. The molecule has 0 unspecified atom stereocenters. The van der Waals surface area contributed by atoms with Crippen LogP contribution in [0.3, 0.4) is 0 Å². The molecule has 8 heteroatoms.